The maximum atomic E-state index is 14.0. The number of nitrogens with zero attached hydrogens (tertiary/aromatic N) is 3. The summed E-state index contributed by atoms with van der Waals surface area (Å²) in [6, 6.07) is 2.89. The van der Waals surface area contributed by atoms with Gasteiger partial charge in [-0.2, -0.15) is 4.98 Å². The molecule has 0 aliphatic carbocycles. The average molecular weight is 325 g/mol. The first-order valence-electron chi connectivity index (χ1n) is 7.24. The van der Waals surface area contributed by atoms with Crippen LogP contribution in [0.4, 0.5) is 8.78 Å². The van der Waals surface area contributed by atoms with Crippen molar-refractivity contribution in [3.63, 3.8) is 0 Å². The summed E-state index contributed by atoms with van der Waals surface area (Å²) in [4.78, 5) is 5.97. The molecular formula is C15H17F2N3O3. The Bertz CT molecular complexity index is 680. The number of hydrogen-bond acceptors (Lipinski definition) is 6. The van der Waals surface area contributed by atoms with Gasteiger partial charge >= 0.3 is 0 Å². The van der Waals surface area contributed by atoms with Crippen LogP contribution in [-0.4, -0.2) is 39.9 Å². The van der Waals surface area contributed by atoms with Crippen molar-refractivity contribution in [1.29, 1.82) is 0 Å². The van der Waals surface area contributed by atoms with Crippen LogP contribution in [-0.2, 0) is 17.9 Å². The molecule has 1 aliphatic heterocycles. The van der Waals surface area contributed by atoms with Gasteiger partial charge in [0.2, 0.25) is 0 Å². The van der Waals surface area contributed by atoms with Gasteiger partial charge in [0, 0.05) is 25.3 Å². The van der Waals surface area contributed by atoms with E-state index in [0.29, 0.717) is 24.7 Å². The number of β-amino-alcohol motifs (C(OH)–C–C–N with tert-alkyl or cyclic N) is 1. The van der Waals surface area contributed by atoms with E-state index in [9.17, 15) is 13.9 Å². The molecule has 2 heterocycles. The second-order valence-electron chi connectivity index (χ2n) is 5.54. The van der Waals surface area contributed by atoms with Crippen LogP contribution in [0.15, 0.2) is 22.7 Å². The second kappa shape index (κ2) is 6.69. The Morgan fingerprint density at radius 2 is 2.26 bits per heavy atom. The number of hydrogen-bond donors (Lipinski definition) is 1. The largest absolute Gasteiger partial charge is 0.392 e. The van der Waals surface area contributed by atoms with Gasteiger partial charge in [-0.15, -0.1) is 0 Å². The molecule has 2 atom stereocenters. The molecule has 1 aromatic heterocycles. The molecule has 1 saturated heterocycles. The number of rotatable bonds is 5. The van der Waals surface area contributed by atoms with Crippen LogP contribution in [0.1, 0.15) is 29.7 Å². The molecule has 1 aromatic carbocycles. The molecule has 3 rings (SSSR count). The second-order valence-corrected chi connectivity index (χ2v) is 5.54. The van der Waals surface area contributed by atoms with Gasteiger partial charge in [0.25, 0.3) is 5.89 Å². The van der Waals surface area contributed by atoms with Gasteiger partial charge in [0.05, 0.1) is 12.6 Å². The van der Waals surface area contributed by atoms with Crippen LogP contribution in [0.5, 0.6) is 0 Å². The van der Waals surface area contributed by atoms with E-state index >= 15 is 0 Å². The van der Waals surface area contributed by atoms with Crippen LogP contribution in [0.3, 0.4) is 0 Å². The minimum atomic E-state index is -0.618. The monoisotopic (exact) mass is 325 g/mol. The highest BCUT2D eigenvalue weighted by atomic mass is 19.1. The Balaban J connectivity index is 1.80. The van der Waals surface area contributed by atoms with Gasteiger partial charge in [-0.1, -0.05) is 5.16 Å². The number of aliphatic hydroxyl groups is 1. The van der Waals surface area contributed by atoms with E-state index in [-0.39, 0.29) is 18.7 Å². The third-order valence-corrected chi connectivity index (χ3v) is 3.82. The molecule has 23 heavy (non-hydrogen) atoms. The van der Waals surface area contributed by atoms with Crippen LogP contribution in [0.2, 0.25) is 0 Å². The number of aromatic nitrogens is 2. The molecule has 1 fully saturated rings. The van der Waals surface area contributed by atoms with E-state index < -0.39 is 23.8 Å². The first-order chi connectivity index (χ1) is 11.1. The number of aliphatic hydroxyl groups excluding tert-OH is 1. The molecule has 124 valence electrons. The summed E-state index contributed by atoms with van der Waals surface area (Å²) in [6.45, 7) is 0.803. The summed E-state index contributed by atoms with van der Waals surface area (Å²) >= 11 is 0. The van der Waals surface area contributed by atoms with E-state index in [2.05, 4.69) is 10.1 Å². The molecule has 1 N–H and O–H groups in total. The minimum Gasteiger partial charge on any atom is -0.392 e. The Labute approximate surface area is 131 Å². The van der Waals surface area contributed by atoms with Gasteiger partial charge in [-0.05, 0) is 24.6 Å². The molecule has 1 aliphatic rings. The number of methoxy groups -OCH3 is 1. The Kier molecular flexibility index (Phi) is 4.65. The van der Waals surface area contributed by atoms with Crippen molar-refractivity contribution < 1.29 is 23.1 Å². The van der Waals surface area contributed by atoms with Crippen LogP contribution in [0, 0.1) is 11.6 Å². The van der Waals surface area contributed by atoms with Gasteiger partial charge in [-0.3, -0.25) is 4.90 Å². The lowest BCUT2D eigenvalue weighted by Crippen LogP contribution is -2.25. The third-order valence-electron chi connectivity index (χ3n) is 3.82. The summed E-state index contributed by atoms with van der Waals surface area (Å²) in [5.74, 6) is -0.253. The lowest BCUT2D eigenvalue weighted by Gasteiger charge is -2.23. The average Bonchev–Trinajstić information content (AvgIpc) is 3.09. The fourth-order valence-electron chi connectivity index (χ4n) is 2.87. The zero-order valence-corrected chi connectivity index (χ0v) is 12.6. The Hall–Kier alpha value is -1.90. The van der Waals surface area contributed by atoms with Crippen molar-refractivity contribution in [2.24, 2.45) is 0 Å². The summed E-state index contributed by atoms with van der Waals surface area (Å²) in [6.07, 6.45) is -0.295. The van der Waals surface area contributed by atoms with E-state index in [1.807, 2.05) is 4.90 Å². The molecule has 0 bridgehead atoms. The highest BCUT2D eigenvalue weighted by Gasteiger charge is 2.34. The topological polar surface area (TPSA) is 71.6 Å². The Morgan fingerprint density at radius 3 is 3.04 bits per heavy atom. The van der Waals surface area contributed by atoms with Crippen molar-refractivity contribution in [2.75, 3.05) is 13.7 Å². The molecule has 0 amide bonds. The first kappa shape index (κ1) is 16.0. The van der Waals surface area contributed by atoms with Crippen LogP contribution >= 0.6 is 0 Å². The van der Waals surface area contributed by atoms with Crippen LogP contribution in [0.25, 0.3) is 0 Å². The number of ether oxygens (including phenoxy) is 1. The molecule has 0 unspecified atom stereocenters. The summed E-state index contributed by atoms with van der Waals surface area (Å²) in [5, 5.41) is 13.8. The molecule has 6 nitrogen and oxygen atoms in total. The van der Waals surface area contributed by atoms with Crippen molar-refractivity contribution in [3.8, 4) is 0 Å². The SMILES string of the molecule is COCc1nc(CN2C[C@H](O)C[C@H]2c2cc(F)ccc2F)no1. The van der Waals surface area contributed by atoms with E-state index in [0.717, 1.165) is 18.2 Å². The molecule has 0 saturated carbocycles. The maximum Gasteiger partial charge on any atom is 0.252 e. The lowest BCUT2D eigenvalue weighted by atomic mass is 10.0. The molecule has 0 spiro atoms. The van der Waals surface area contributed by atoms with Gasteiger partial charge < -0.3 is 14.4 Å². The predicted octanol–water partition coefficient (Wildman–Crippen LogP) is 1.80. The van der Waals surface area contributed by atoms with E-state index in [1.54, 1.807) is 0 Å². The van der Waals surface area contributed by atoms with Crippen molar-refractivity contribution in [1.82, 2.24) is 15.0 Å². The van der Waals surface area contributed by atoms with Crippen molar-refractivity contribution in [3.05, 3.63) is 47.1 Å². The maximum absolute atomic E-state index is 14.0. The first-order valence-corrected chi connectivity index (χ1v) is 7.24. The molecule has 0 radical (unpaired) electrons. The minimum absolute atomic E-state index is 0.206. The zero-order chi connectivity index (χ0) is 16.4. The Morgan fingerprint density at radius 1 is 1.43 bits per heavy atom. The lowest BCUT2D eigenvalue weighted by molar-refractivity contribution is 0.151. The molecule has 8 heteroatoms. The van der Waals surface area contributed by atoms with E-state index in [1.165, 1.54) is 7.11 Å². The van der Waals surface area contributed by atoms with Crippen molar-refractivity contribution >= 4 is 0 Å². The van der Waals surface area contributed by atoms with Crippen LogP contribution < -0.4 is 0 Å². The van der Waals surface area contributed by atoms with Gasteiger partial charge in [-0.25, -0.2) is 8.78 Å². The fourth-order valence-corrected chi connectivity index (χ4v) is 2.87. The van der Waals surface area contributed by atoms with Gasteiger partial charge in [0.15, 0.2) is 5.82 Å². The highest BCUT2D eigenvalue weighted by Crippen LogP contribution is 2.34. The summed E-state index contributed by atoms with van der Waals surface area (Å²) in [7, 11) is 1.52. The quantitative estimate of drug-likeness (QED) is 0.904. The fraction of sp³-hybridized carbons (Fsp3) is 0.467. The molecule has 2 aromatic rings. The number of benzene rings is 1. The summed E-state index contributed by atoms with van der Waals surface area (Å²) in [5.41, 5.74) is 0.224. The predicted molar refractivity (Wildman–Crippen MR) is 75.1 cm³/mol. The zero-order valence-electron chi connectivity index (χ0n) is 12.6. The number of halogens is 2. The van der Waals surface area contributed by atoms with E-state index in [4.69, 9.17) is 9.26 Å². The summed E-state index contributed by atoms with van der Waals surface area (Å²) < 4.78 is 37.4. The standard InChI is InChI=1S/C15H17F2N3O3/c1-22-8-15-18-14(19-23-15)7-20-6-10(21)5-13(20)11-4-9(16)2-3-12(11)17/h2-4,10,13,21H,5-8H2,1H3/t10-,13+/m1/s1. The smallest absolute Gasteiger partial charge is 0.252 e. The highest BCUT2D eigenvalue weighted by molar-refractivity contribution is 5.24. The van der Waals surface area contributed by atoms with Gasteiger partial charge in [0.1, 0.15) is 18.2 Å². The van der Waals surface area contributed by atoms with Crippen molar-refractivity contribution in [2.45, 2.75) is 31.7 Å². The molecular weight excluding hydrogens is 308 g/mol. The third kappa shape index (κ3) is 3.54. The normalized spacial score (nSPS) is 21.9. The number of likely N-dealkylation sites (tertiary alicyclic amines) is 1.